The molecule has 0 radical (unpaired) electrons. The number of hydrogen-bond donors (Lipinski definition) is 1. The fraction of sp³-hybridized carbons (Fsp3) is 0.150. The third-order valence-electron chi connectivity index (χ3n) is 3.97. The minimum absolute atomic E-state index is 0.0298. The number of halogens is 4. The van der Waals surface area contributed by atoms with Gasteiger partial charge in [-0.15, -0.1) is 0 Å². The maximum absolute atomic E-state index is 13.0. The van der Waals surface area contributed by atoms with Crippen LogP contribution in [0.15, 0.2) is 71.7 Å². The molecule has 29 heavy (non-hydrogen) atoms. The highest BCUT2D eigenvalue weighted by molar-refractivity contribution is 5.72. The lowest BCUT2D eigenvalue weighted by Crippen LogP contribution is -2.23. The van der Waals surface area contributed by atoms with Crippen LogP contribution in [0.1, 0.15) is 5.56 Å². The molecule has 1 N–H and O–H groups in total. The van der Waals surface area contributed by atoms with Crippen molar-refractivity contribution in [2.24, 2.45) is 0 Å². The summed E-state index contributed by atoms with van der Waals surface area (Å²) >= 11 is 0. The Labute approximate surface area is 163 Å². The molecule has 1 heterocycles. The second-order valence-corrected chi connectivity index (χ2v) is 5.81. The van der Waals surface area contributed by atoms with E-state index in [-0.39, 0.29) is 17.8 Å². The van der Waals surface area contributed by atoms with Gasteiger partial charge in [-0.1, -0.05) is 30.3 Å². The predicted molar refractivity (Wildman–Crippen MR) is 99.1 cm³/mol. The summed E-state index contributed by atoms with van der Waals surface area (Å²) in [6, 6.07) is 15.6. The van der Waals surface area contributed by atoms with E-state index in [4.69, 9.17) is 0 Å². The Bertz CT molecular complexity index is 996. The lowest BCUT2D eigenvalue weighted by atomic mass is 10.1. The first kappa shape index (κ1) is 20.2. The number of hydrogen-bond acceptors (Lipinski definition) is 4. The van der Waals surface area contributed by atoms with E-state index < -0.39 is 24.7 Å². The third kappa shape index (κ3) is 5.07. The van der Waals surface area contributed by atoms with Crippen LogP contribution in [0.3, 0.4) is 0 Å². The Morgan fingerprint density at radius 2 is 1.59 bits per heavy atom. The molecule has 9 heteroatoms. The Hall–Kier alpha value is -3.49. The van der Waals surface area contributed by atoms with Gasteiger partial charge in [0.1, 0.15) is 0 Å². The van der Waals surface area contributed by atoms with Crippen molar-refractivity contribution >= 4 is 11.4 Å². The molecule has 0 aliphatic heterocycles. The highest BCUT2D eigenvalue weighted by Gasteiger charge is 2.23. The molecule has 0 saturated carbocycles. The van der Waals surface area contributed by atoms with Crippen LogP contribution in [-0.2, 0) is 6.54 Å². The number of rotatable bonds is 8. The van der Waals surface area contributed by atoms with Gasteiger partial charge in [-0.05, 0) is 30.3 Å². The first-order valence-electron chi connectivity index (χ1n) is 8.47. The molecule has 0 aliphatic rings. The number of H-pyrrole nitrogens is 1. The van der Waals surface area contributed by atoms with Crippen molar-refractivity contribution in [3.8, 4) is 11.5 Å². The van der Waals surface area contributed by atoms with Gasteiger partial charge in [0.2, 0.25) is 0 Å². The van der Waals surface area contributed by atoms with E-state index in [1.807, 2.05) is 0 Å². The van der Waals surface area contributed by atoms with Crippen LogP contribution in [0.5, 0.6) is 11.5 Å². The zero-order valence-electron chi connectivity index (χ0n) is 14.9. The summed E-state index contributed by atoms with van der Waals surface area (Å²) < 4.78 is 60.5. The SMILES string of the molecule is O=c1[nH]cccc1CN(c1ccccc1)c1cccc(OC(F)F)c1OC(F)F. The monoisotopic (exact) mass is 408 g/mol. The molecule has 0 aliphatic carbocycles. The molecule has 3 rings (SSSR count). The maximum atomic E-state index is 13.0. The number of ether oxygens (including phenoxy) is 2. The molecule has 0 bridgehead atoms. The first-order chi connectivity index (χ1) is 14.0. The van der Waals surface area contributed by atoms with Gasteiger partial charge in [-0.3, -0.25) is 4.79 Å². The summed E-state index contributed by atoms with van der Waals surface area (Å²) in [6.07, 6.45) is 1.46. The zero-order chi connectivity index (χ0) is 20.8. The highest BCUT2D eigenvalue weighted by Crippen LogP contribution is 2.42. The Morgan fingerprint density at radius 1 is 0.862 bits per heavy atom. The molecule has 0 unspecified atom stereocenters. The third-order valence-corrected chi connectivity index (χ3v) is 3.97. The van der Waals surface area contributed by atoms with Gasteiger partial charge in [0.15, 0.2) is 11.5 Å². The lowest BCUT2D eigenvalue weighted by Gasteiger charge is -2.27. The summed E-state index contributed by atoms with van der Waals surface area (Å²) in [7, 11) is 0. The van der Waals surface area contributed by atoms with Gasteiger partial charge in [-0.25, -0.2) is 0 Å². The van der Waals surface area contributed by atoms with E-state index in [1.165, 1.54) is 23.2 Å². The van der Waals surface area contributed by atoms with E-state index in [0.29, 0.717) is 11.3 Å². The van der Waals surface area contributed by atoms with Gasteiger partial charge < -0.3 is 19.4 Å². The number of anilines is 2. The Kier molecular flexibility index (Phi) is 6.38. The molecular formula is C20H16F4N2O3. The summed E-state index contributed by atoms with van der Waals surface area (Å²) in [6.45, 7) is -6.53. The van der Waals surface area contributed by atoms with Crippen LogP contribution in [0, 0.1) is 0 Å². The van der Waals surface area contributed by atoms with E-state index in [2.05, 4.69) is 14.5 Å². The van der Waals surface area contributed by atoms with Crippen LogP contribution in [0.25, 0.3) is 0 Å². The summed E-state index contributed by atoms with van der Waals surface area (Å²) in [5.74, 6) is -1.10. The summed E-state index contributed by atoms with van der Waals surface area (Å²) in [5, 5.41) is 0. The highest BCUT2D eigenvalue weighted by atomic mass is 19.3. The number of para-hydroxylation sites is 2. The number of pyridine rings is 1. The predicted octanol–water partition coefficient (Wildman–Crippen LogP) is 4.92. The van der Waals surface area contributed by atoms with Crippen LogP contribution in [-0.4, -0.2) is 18.2 Å². The Morgan fingerprint density at radius 3 is 2.24 bits per heavy atom. The summed E-state index contributed by atoms with van der Waals surface area (Å²) in [5.41, 5.74) is 0.534. The van der Waals surface area contributed by atoms with Gasteiger partial charge in [-0.2, -0.15) is 17.6 Å². The normalized spacial score (nSPS) is 11.0. The molecule has 1 aromatic heterocycles. The fourth-order valence-corrected chi connectivity index (χ4v) is 2.79. The molecule has 0 spiro atoms. The summed E-state index contributed by atoms with van der Waals surface area (Å²) in [4.78, 5) is 16.2. The average molecular weight is 408 g/mol. The van der Waals surface area contributed by atoms with Crippen LogP contribution < -0.4 is 19.9 Å². The maximum Gasteiger partial charge on any atom is 0.387 e. The minimum atomic E-state index is -3.27. The number of alkyl halides is 4. The molecular weight excluding hydrogens is 392 g/mol. The molecule has 2 aromatic carbocycles. The second-order valence-electron chi connectivity index (χ2n) is 5.81. The van der Waals surface area contributed by atoms with E-state index in [1.54, 1.807) is 42.5 Å². The van der Waals surface area contributed by atoms with Gasteiger partial charge in [0, 0.05) is 17.4 Å². The van der Waals surface area contributed by atoms with Gasteiger partial charge in [0.25, 0.3) is 5.56 Å². The lowest BCUT2D eigenvalue weighted by molar-refractivity contribution is -0.0689. The van der Waals surface area contributed by atoms with Crippen LogP contribution in [0.4, 0.5) is 28.9 Å². The van der Waals surface area contributed by atoms with Crippen molar-refractivity contribution < 1.29 is 27.0 Å². The molecule has 0 saturated heterocycles. The Balaban J connectivity index is 2.14. The molecule has 5 nitrogen and oxygen atoms in total. The first-order valence-corrected chi connectivity index (χ1v) is 8.47. The number of aromatic nitrogens is 1. The minimum Gasteiger partial charge on any atom is -0.431 e. The van der Waals surface area contributed by atoms with Crippen molar-refractivity contribution in [2.75, 3.05) is 4.90 Å². The van der Waals surface area contributed by atoms with E-state index in [9.17, 15) is 22.4 Å². The number of nitrogens with one attached hydrogen (secondary N) is 1. The van der Waals surface area contributed by atoms with Crippen molar-refractivity contribution in [3.05, 3.63) is 82.8 Å². The molecule has 0 amide bonds. The largest absolute Gasteiger partial charge is 0.431 e. The van der Waals surface area contributed by atoms with Crippen LogP contribution >= 0.6 is 0 Å². The zero-order valence-corrected chi connectivity index (χ0v) is 14.9. The fourth-order valence-electron chi connectivity index (χ4n) is 2.79. The standard InChI is InChI=1S/C20H16F4N2O3/c21-19(22)28-16-10-4-9-15(17(16)29-20(23)24)26(14-7-2-1-3-8-14)12-13-6-5-11-25-18(13)27/h1-11,19-20H,12H2,(H,25,27). The number of aromatic amines is 1. The number of nitrogens with zero attached hydrogens (tertiary/aromatic N) is 1. The van der Waals surface area contributed by atoms with E-state index in [0.717, 1.165) is 6.07 Å². The second kappa shape index (κ2) is 9.13. The smallest absolute Gasteiger partial charge is 0.387 e. The van der Waals surface area contributed by atoms with Crippen molar-refractivity contribution in [2.45, 2.75) is 19.8 Å². The van der Waals surface area contributed by atoms with Gasteiger partial charge >= 0.3 is 13.2 Å². The molecule has 152 valence electrons. The molecule has 0 fully saturated rings. The molecule has 0 atom stereocenters. The quantitative estimate of drug-likeness (QED) is 0.538. The average Bonchev–Trinajstić information content (AvgIpc) is 2.69. The molecule has 3 aromatic rings. The van der Waals surface area contributed by atoms with Crippen LogP contribution in [0.2, 0.25) is 0 Å². The van der Waals surface area contributed by atoms with Crippen molar-refractivity contribution in [1.29, 1.82) is 0 Å². The topological polar surface area (TPSA) is 54.6 Å². The van der Waals surface area contributed by atoms with Gasteiger partial charge in [0.05, 0.1) is 12.2 Å². The number of benzene rings is 2. The van der Waals surface area contributed by atoms with Crippen molar-refractivity contribution in [3.63, 3.8) is 0 Å². The van der Waals surface area contributed by atoms with E-state index >= 15 is 0 Å². The van der Waals surface area contributed by atoms with Crippen molar-refractivity contribution in [1.82, 2.24) is 4.98 Å².